The second-order valence-electron chi connectivity index (χ2n) is 2.23. The normalized spacial score (nSPS) is 11.1. The summed E-state index contributed by atoms with van der Waals surface area (Å²) in [6, 6.07) is 0. The van der Waals surface area contributed by atoms with Crippen molar-refractivity contribution in [2.24, 2.45) is 0 Å². The molecule has 0 saturated heterocycles. The van der Waals surface area contributed by atoms with Gasteiger partial charge in [-0.25, -0.2) is 0 Å². The number of hydrogen-bond donors (Lipinski definition) is 0. The molecule has 0 aromatic rings. The number of hydrogen-bond acceptors (Lipinski definition) is 4. The van der Waals surface area contributed by atoms with Crippen molar-refractivity contribution in [1.29, 1.82) is 0 Å². The molecule has 0 spiro atoms. The summed E-state index contributed by atoms with van der Waals surface area (Å²) >= 11 is 0. The van der Waals surface area contributed by atoms with E-state index < -0.39 is 9.05 Å². The van der Waals surface area contributed by atoms with E-state index in [2.05, 4.69) is 0 Å². The van der Waals surface area contributed by atoms with Crippen molar-refractivity contribution in [3.8, 4) is 0 Å². The van der Waals surface area contributed by atoms with Gasteiger partial charge in [0.2, 0.25) is 0 Å². The molecule has 0 amide bonds. The summed E-state index contributed by atoms with van der Waals surface area (Å²) in [5.74, 6) is 0. The molecule has 84 valence electrons. The van der Waals surface area contributed by atoms with E-state index in [1.807, 2.05) is 27.7 Å². The van der Waals surface area contributed by atoms with Gasteiger partial charge in [-0.05, 0) is 27.7 Å². The summed E-state index contributed by atoms with van der Waals surface area (Å²) in [4.78, 5) is 0. The summed E-state index contributed by atoms with van der Waals surface area (Å²) in [7, 11) is -2.80. The average molecular weight is 327 g/mol. The van der Waals surface area contributed by atoms with Gasteiger partial charge >= 0.3 is 9.05 Å². The maximum Gasteiger partial charge on any atom is 0.679 e. The fourth-order valence-corrected chi connectivity index (χ4v) is 2.87. The minimum atomic E-state index is -2.80. The van der Waals surface area contributed by atoms with Gasteiger partial charge in [0.05, 0.1) is 0 Å². The van der Waals surface area contributed by atoms with E-state index in [0.717, 1.165) is 0 Å². The molecule has 0 aliphatic heterocycles. The Hall–Kier alpha value is 0.856. The Kier molecular flexibility index (Phi) is 12.8. The van der Waals surface area contributed by atoms with E-state index in [1.54, 1.807) is 0 Å². The van der Waals surface area contributed by atoms with Crippen molar-refractivity contribution in [2.75, 3.05) is 26.4 Å². The van der Waals surface area contributed by atoms with Gasteiger partial charge in [0.25, 0.3) is 0 Å². The third-order valence-corrected chi connectivity index (χ3v) is 3.85. The summed E-state index contributed by atoms with van der Waals surface area (Å²) < 4.78 is 21.7. The Bertz CT molecular complexity index is 96.4. The van der Waals surface area contributed by atoms with E-state index in [4.69, 9.17) is 17.7 Å². The Labute approximate surface area is 105 Å². The molecule has 14 heavy (non-hydrogen) atoms. The zero-order valence-corrected chi connectivity index (χ0v) is 13.3. The van der Waals surface area contributed by atoms with Crippen LogP contribution in [-0.2, 0) is 17.7 Å². The third-order valence-electron chi connectivity index (χ3n) is 1.28. The SMILES string of the molecule is CCO[Si](OCC)(OCC)OCC.[Sn]. The molecule has 0 fully saturated rings. The van der Waals surface area contributed by atoms with Crippen LogP contribution in [0.3, 0.4) is 0 Å². The fraction of sp³-hybridized carbons (Fsp3) is 1.00. The van der Waals surface area contributed by atoms with Gasteiger partial charge in [0.15, 0.2) is 0 Å². The molecule has 0 N–H and O–H groups in total. The van der Waals surface area contributed by atoms with Crippen LogP contribution in [0.1, 0.15) is 27.7 Å². The van der Waals surface area contributed by atoms with Crippen LogP contribution < -0.4 is 0 Å². The zero-order chi connectivity index (χ0) is 10.2. The maximum atomic E-state index is 5.42. The first-order valence-electron chi connectivity index (χ1n) is 4.80. The standard InChI is InChI=1S/C8H20O4Si.Sn/c1-5-9-13(10-6-2,11-7-3)12-8-4;/h5-8H2,1-4H3;. The molecule has 0 aliphatic carbocycles. The van der Waals surface area contributed by atoms with Gasteiger partial charge in [-0.2, -0.15) is 0 Å². The van der Waals surface area contributed by atoms with Crippen LogP contribution >= 0.6 is 0 Å². The van der Waals surface area contributed by atoms with Crippen LogP contribution in [0.5, 0.6) is 0 Å². The Morgan fingerprint density at radius 2 is 0.857 bits per heavy atom. The molecule has 0 rings (SSSR count). The minimum Gasteiger partial charge on any atom is -0.351 e. The van der Waals surface area contributed by atoms with Gasteiger partial charge < -0.3 is 17.7 Å². The summed E-state index contributed by atoms with van der Waals surface area (Å²) in [5, 5.41) is 0. The van der Waals surface area contributed by atoms with Crippen LogP contribution in [0.2, 0.25) is 0 Å². The van der Waals surface area contributed by atoms with E-state index in [0.29, 0.717) is 26.4 Å². The summed E-state index contributed by atoms with van der Waals surface area (Å²) in [5.41, 5.74) is 0. The molecule has 4 nitrogen and oxygen atoms in total. The van der Waals surface area contributed by atoms with Gasteiger partial charge in [0, 0.05) is 50.3 Å². The van der Waals surface area contributed by atoms with E-state index in [1.165, 1.54) is 0 Å². The molecule has 0 aromatic carbocycles. The number of rotatable bonds is 8. The maximum absolute atomic E-state index is 5.42. The third kappa shape index (κ3) is 6.36. The van der Waals surface area contributed by atoms with Crippen molar-refractivity contribution in [3.05, 3.63) is 0 Å². The molecule has 0 aromatic heterocycles. The molecular formula is C8H20O4SiSn. The molecule has 4 radical (unpaired) electrons. The summed E-state index contributed by atoms with van der Waals surface area (Å²) in [6.07, 6.45) is 0. The molecular weight excluding hydrogens is 307 g/mol. The molecule has 0 bridgehead atoms. The van der Waals surface area contributed by atoms with Crippen molar-refractivity contribution in [3.63, 3.8) is 0 Å². The van der Waals surface area contributed by atoms with Gasteiger partial charge in [-0.15, -0.1) is 0 Å². The fourth-order valence-electron chi connectivity index (χ4n) is 0.957. The van der Waals surface area contributed by atoms with E-state index in [-0.39, 0.29) is 23.9 Å². The van der Waals surface area contributed by atoms with Crippen molar-refractivity contribution >= 4 is 33.0 Å². The van der Waals surface area contributed by atoms with Crippen LogP contribution in [-0.4, -0.2) is 59.4 Å². The second-order valence-corrected chi connectivity index (χ2v) is 4.39. The average Bonchev–Trinajstić information content (AvgIpc) is 2.06. The minimum absolute atomic E-state index is 0. The molecule has 6 heteroatoms. The van der Waals surface area contributed by atoms with Gasteiger partial charge in [0.1, 0.15) is 0 Å². The van der Waals surface area contributed by atoms with Gasteiger partial charge in [-0.3, -0.25) is 0 Å². The smallest absolute Gasteiger partial charge is 0.351 e. The molecule has 0 unspecified atom stereocenters. The largest absolute Gasteiger partial charge is 0.679 e. The first-order valence-corrected chi connectivity index (χ1v) is 6.43. The van der Waals surface area contributed by atoms with Crippen molar-refractivity contribution < 1.29 is 17.7 Å². The second kappa shape index (κ2) is 10.4. The first kappa shape index (κ1) is 17.3. The summed E-state index contributed by atoms with van der Waals surface area (Å²) in [6.45, 7) is 9.80. The van der Waals surface area contributed by atoms with Crippen LogP contribution in [0.4, 0.5) is 0 Å². The quantitative estimate of drug-likeness (QED) is 0.628. The topological polar surface area (TPSA) is 36.9 Å². The first-order chi connectivity index (χ1) is 6.24. The van der Waals surface area contributed by atoms with E-state index in [9.17, 15) is 0 Å². The molecule has 0 heterocycles. The van der Waals surface area contributed by atoms with E-state index >= 15 is 0 Å². The van der Waals surface area contributed by atoms with Crippen LogP contribution in [0.25, 0.3) is 0 Å². The van der Waals surface area contributed by atoms with Crippen molar-refractivity contribution in [2.45, 2.75) is 27.7 Å². The predicted octanol–water partition coefficient (Wildman–Crippen LogP) is 1.19. The van der Waals surface area contributed by atoms with Gasteiger partial charge in [-0.1, -0.05) is 0 Å². The Morgan fingerprint density at radius 3 is 1.00 bits per heavy atom. The predicted molar refractivity (Wildman–Crippen MR) is 58.0 cm³/mol. The van der Waals surface area contributed by atoms with Crippen LogP contribution in [0, 0.1) is 0 Å². The molecule has 0 saturated carbocycles. The van der Waals surface area contributed by atoms with Crippen LogP contribution in [0.15, 0.2) is 0 Å². The monoisotopic (exact) mass is 328 g/mol. The Morgan fingerprint density at radius 1 is 0.643 bits per heavy atom. The molecule has 0 aliphatic rings. The molecule has 0 atom stereocenters. The van der Waals surface area contributed by atoms with Crippen molar-refractivity contribution in [1.82, 2.24) is 0 Å². The zero-order valence-electron chi connectivity index (χ0n) is 9.46. The Balaban J connectivity index is 0.